The van der Waals surface area contributed by atoms with Gasteiger partial charge >= 0.3 is 0 Å². The summed E-state index contributed by atoms with van der Waals surface area (Å²) in [5.74, 6) is 7.16. The van der Waals surface area contributed by atoms with Crippen molar-refractivity contribution in [1.82, 2.24) is 0 Å². The maximum atomic E-state index is 5.69. The Balaban J connectivity index is 2.15. The Kier molecular flexibility index (Phi) is 5.22. The summed E-state index contributed by atoms with van der Waals surface area (Å²) < 4.78 is 5.69. The zero-order valence-corrected chi connectivity index (χ0v) is 13.1. The van der Waals surface area contributed by atoms with Gasteiger partial charge in [-0.1, -0.05) is 37.3 Å². The summed E-state index contributed by atoms with van der Waals surface area (Å²) in [7, 11) is 0. The first-order chi connectivity index (χ1) is 10.1. The van der Waals surface area contributed by atoms with Gasteiger partial charge in [-0.15, -0.1) is 0 Å². The lowest BCUT2D eigenvalue weighted by Crippen LogP contribution is -2.17. The second-order valence-corrected chi connectivity index (χ2v) is 5.89. The molecule has 0 amide bonds. The van der Waals surface area contributed by atoms with Gasteiger partial charge < -0.3 is 4.74 Å². The lowest BCUT2D eigenvalue weighted by Gasteiger charge is -2.07. The molecule has 1 aliphatic carbocycles. The van der Waals surface area contributed by atoms with E-state index >= 15 is 0 Å². The van der Waals surface area contributed by atoms with Gasteiger partial charge in [-0.25, -0.2) is 4.99 Å². The molecule has 2 heteroatoms. The van der Waals surface area contributed by atoms with Crippen LogP contribution in [0.15, 0.2) is 52.6 Å². The summed E-state index contributed by atoms with van der Waals surface area (Å²) in [5.41, 5.74) is 1.89. The highest BCUT2D eigenvalue weighted by molar-refractivity contribution is 5.98. The fourth-order valence-electron chi connectivity index (χ4n) is 2.00. The van der Waals surface area contributed by atoms with Crippen LogP contribution in [0.25, 0.3) is 0 Å². The molecular formula is C19H23NO. The number of hydrogen-bond acceptors (Lipinski definition) is 2. The van der Waals surface area contributed by atoms with Crippen LogP contribution in [0.2, 0.25) is 0 Å². The third kappa shape index (κ3) is 4.79. The van der Waals surface area contributed by atoms with E-state index in [9.17, 15) is 0 Å². The summed E-state index contributed by atoms with van der Waals surface area (Å²) in [5, 5.41) is 0. The minimum atomic E-state index is -0.130. The van der Waals surface area contributed by atoms with Crippen LogP contribution >= 0.6 is 0 Å². The summed E-state index contributed by atoms with van der Waals surface area (Å²) in [6.45, 7) is 6.97. The Morgan fingerprint density at radius 3 is 2.76 bits per heavy atom. The highest BCUT2D eigenvalue weighted by atomic mass is 16.5. The van der Waals surface area contributed by atoms with E-state index in [4.69, 9.17) is 4.74 Å². The Morgan fingerprint density at radius 1 is 1.24 bits per heavy atom. The number of ether oxygens (including phenoxy) is 1. The van der Waals surface area contributed by atoms with Crippen molar-refractivity contribution in [2.45, 2.75) is 45.6 Å². The van der Waals surface area contributed by atoms with Crippen molar-refractivity contribution in [3.63, 3.8) is 0 Å². The Hall–Kier alpha value is -2.01. The molecule has 0 N–H and O–H groups in total. The second-order valence-electron chi connectivity index (χ2n) is 5.89. The molecule has 0 aromatic heterocycles. The van der Waals surface area contributed by atoms with E-state index in [2.05, 4.69) is 37.6 Å². The average molecular weight is 281 g/mol. The van der Waals surface area contributed by atoms with Crippen LogP contribution in [-0.2, 0) is 4.74 Å². The molecule has 0 atom stereocenters. The van der Waals surface area contributed by atoms with Crippen LogP contribution in [0.3, 0.4) is 0 Å². The van der Waals surface area contributed by atoms with Gasteiger partial charge in [-0.05, 0) is 44.6 Å². The Labute approximate surface area is 128 Å². The van der Waals surface area contributed by atoms with Gasteiger partial charge in [0.05, 0.1) is 5.54 Å². The molecule has 2 nitrogen and oxygen atoms in total. The summed E-state index contributed by atoms with van der Waals surface area (Å²) in [6.07, 6.45) is 15.4. The number of aliphatic imine (C=N–C) groups is 1. The fourth-order valence-corrected chi connectivity index (χ4v) is 2.00. The van der Waals surface area contributed by atoms with E-state index in [0.717, 1.165) is 29.9 Å². The van der Waals surface area contributed by atoms with Crippen LogP contribution < -0.4 is 0 Å². The summed E-state index contributed by atoms with van der Waals surface area (Å²) >= 11 is 0. The first-order valence-corrected chi connectivity index (χ1v) is 7.59. The van der Waals surface area contributed by atoms with E-state index in [-0.39, 0.29) is 5.54 Å². The third-order valence-corrected chi connectivity index (χ3v) is 3.21. The predicted octanol–water partition coefficient (Wildman–Crippen LogP) is 4.37. The van der Waals surface area contributed by atoms with Crippen molar-refractivity contribution in [2.24, 2.45) is 4.99 Å². The quantitative estimate of drug-likeness (QED) is 0.556. The molecule has 1 heterocycles. The smallest absolute Gasteiger partial charge is 0.216 e. The van der Waals surface area contributed by atoms with Gasteiger partial charge in [0, 0.05) is 17.6 Å². The second kappa shape index (κ2) is 7.13. The first-order valence-electron chi connectivity index (χ1n) is 7.59. The molecule has 0 aromatic carbocycles. The van der Waals surface area contributed by atoms with E-state index in [0.29, 0.717) is 6.61 Å². The van der Waals surface area contributed by atoms with Crippen molar-refractivity contribution in [2.75, 3.05) is 6.61 Å². The maximum Gasteiger partial charge on any atom is 0.216 e. The van der Waals surface area contributed by atoms with Crippen molar-refractivity contribution in [1.29, 1.82) is 0 Å². The van der Waals surface area contributed by atoms with Crippen LogP contribution in [0.4, 0.5) is 0 Å². The van der Waals surface area contributed by atoms with E-state index in [1.807, 2.05) is 36.5 Å². The Bertz CT molecular complexity index is 589. The molecule has 0 radical (unpaired) electrons. The van der Waals surface area contributed by atoms with Gasteiger partial charge in [0.1, 0.15) is 6.61 Å². The SMILES string of the molecule is CCCCC#CC1=C/C=C(C2=NC(C)(C)CO2)\C=C/C=C\1. The van der Waals surface area contributed by atoms with E-state index < -0.39 is 0 Å². The Morgan fingerprint density at radius 2 is 2.05 bits per heavy atom. The first kappa shape index (κ1) is 15.4. The summed E-state index contributed by atoms with van der Waals surface area (Å²) in [4.78, 5) is 4.61. The lowest BCUT2D eigenvalue weighted by atomic mass is 10.1. The van der Waals surface area contributed by atoms with Crippen LogP contribution in [0, 0.1) is 11.8 Å². The van der Waals surface area contributed by atoms with Crippen molar-refractivity contribution in [3.8, 4) is 11.8 Å². The molecular weight excluding hydrogens is 258 g/mol. The highest BCUT2D eigenvalue weighted by Crippen LogP contribution is 2.21. The minimum absolute atomic E-state index is 0.130. The standard InChI is InChI=1S/C19H23NO/c1-4-5-6-7-10-16-11-8-9-12-17(14-13-16)18-20-19(2,3)15-21-18/h8-9,11-14H,4-6,15H2,1-3H3/b9-8?,11-8-,12-9-,14-13?,16-11?,16-13-,17-12?,17-14+. The molecule has 0 spiro atoms. The third-order valence-electron chi connectivity index (χ3n) is 3.21. The summed E-state index contributed by atoms with van der Waals surface area (Å²) in [6, 6.07) is 0. The van der Waals surface area contributed by atoms with Crippen LogP contribution in [0.1, 0.15) is 40.0 Å². The molecule has 0 unspecified atom stereocenters. The molecule has 21 heavy (non-hydrogen) atoms. The monoisotopic (exact) mass is 281 g/mol. The topological polar surface area (TPSA) is 21.6 Å². The molecule has 0 aromatic rings. The van der Waals surface area contributed by atoms with Crippen LogP contribution in [-0.4, -0.2) is 18.0 Å². The molecule has 0 fully saturated rings. The highest BCUT2D eigenvalue weighted by Gasteiger charge is 2.27. The van der Waals surface area contributed by atoms with Crippen molar-refractivity contribution in [3.05, 3.63) is 47.6 Å². The number of rotatable bonds is 3. The van der Waals surface area contributed by atoms with Crippen molar-refractivity contribution >= 4 is 5.90 Å². The average Bonchev–Trinajstić information content (AvgIpc) is 2.77. The zero-order chi connectivity index (χ0) is 15.1. The van der Waals surface area contributed by atoms with Crippen molar-refractivity contribution < 1.29 is 4.74 Å². The molecule has 110 valence electrons. The minimum Gasteiger partial charge on any atom is -0.475 e. The van der Waals surface area contributed by atoms with Gasteiger partial charge in [-0.3, -0.25) is 0 Å². The van der Waals surface area contributed by atoms with Crippen LogP contribution in [0.5, 0.6) is 0 Å². The molecule has 1 aliphatic heterocycles. The normalized spacial score (nSPS) is 27.5. The number of hydrogen-bond donors (Lipinski definition) is 0. The number of unbranched alkanes of at least 4 members (excludes halogenated alkanes) is 2. The maximum absolute atomic E-state index is 5.69. The zero-order valence-electron chi connectivity index (χ0n) is 13.1. The van der Waals surface area contributed by atoms with Gasteiger partial charge in [-0.2, -0.15) is 0 Å². The lowest BCUT2D eigenvalue weighted by molar-refractivity contribution is 0.279. The number of nitrogens with zero attached hydrogens (tertiary/aromatic N) is 1. The fraction of sp³-hybridized carbons (Fsp3) is 0.421. The van der Waals surface area contributed by atoms with E-state index in [1.54, 1.807) is 0 Å². The largest absolute Gasteiger partial charge is 0.475 e. The molecule has 2 rings (SSSR count). The molecule has 0 saturated heterocycles. The molecule has 0 bridgehead atoms. The number of allylic oxidation sites excluding steroid dienone is 6. The molecule has 2 aliphatic rings. The van der Waals surface area contributed by atoms with Gasteiger partial charge in [0.15, 0.2) is 0 Å². The molecule has 0 saturated carbocycles. The van der Waals surface area contributed by atoms with Gasteiger partial charge in [0.25, 0.3) is 0 Å². The van der Waals surface area contributed by atoms with E-state index in [1.165, 1.54) is 6.42 Å². The predicted molar refractivity (Wildman–Crippen MR) is 89.2 cm³/mol. The van der Waals surface area contributed by atoms with Gasteiger partial charge in [0.2, 0.25) is 5.90 Å².